The summed E-state index contributed by atoms with van der Waals surface area (Å²) in [4.78, 5) is 0. The summed E-state index contributed by atoms with van der Waals surface area (Å²) in [6, 6.07) is 21.1. The predicted octanol–water partition coefficient (Wildman–Crippen LogP) is 5.81. The largest absolute Gasteiger partial charge is 0.262 e. The molecule has 0 bridgehead atoms. The second-order valence-corrected chi connectivity index (χ2v) is 6.43. The Kier molecular flexibility index (Phi) is 7.01. The molecule has 0 aromatic heterocycles. The molecule has 1 nitrogen and oxygen atoms in total. The standard InChI is InChI=1S/C17H13ClINS/c18-17-11-9-15(10-12-17)6-4-5-13-20(21-19)14-16-7-2-1-3-8-16/h1-4,6-12H,14H2/b6-4+. The number of nitrogens with zero attached hydrogens (tertiary/aromatic N) is 1. The molecule has 0 saturated carbocycles. The average molecular weight is 426 g/mol. The van der Waals surface area contributed by atoms with Crippen LogP contribution in [-0.4, -0.2) is 4.31 Å². The molecule has 106 valence electrons. The van der Waals surface area contributed by atoms with Crippen LogP contribution in [0.5, 0.6) is 0 Å². The van der Waals surface area contributed by atoms with Gasteiger partial charge in [-0.2, -0.15) is 0 Å². The van der Waals surface area contributed by atoms with Gasteiger partial charge in [0.15, 0.2) is 0 Å². The molecular formula is C17H13ClINS. The van der Waals surface area contributed by atoms with Crippen LogP contribution in [0.1, 0.15) is 11.1 Å². The molecule has 2 aromatic rings. The Balaban J connectivity index is 1.94. The molecule has 0 N–H and O–H groups in total. The van der Waals surface area contributed by atoms with Crippen molar-refractivity contribution in [3.63, 3.8) is 0 Å². The second-order valence-electron chi connectivity index (χ2n) is 4.23. The van der Waals surface area contributed by atoms with Gasteiger partial charge in [-0.15, -0.1) is 0 Å². The minimum atomic E-state index is 0.744. The third-order valence-electron chi connectivity index (χ3n) is 2.67. The van der Waals surface area contributed by atoms with Crippen molar-refractivity contribution in [2.45, 2.75) is 6.54 Å². The van der Waals surface area contributed by atoms with E-state index in [1.165, 1.54) is 5.56 Å². The first-order chi connectivity index (χ1) is 10.3. The summed E-state index contributed by atoms with van der Waals surface area (Å²) in [5, 5.41) is 0.744. The third-order valence-corrected chi connectivity index (χ3v) is 4.74. The normalized spacial score (nSPS) is 10.2. The summed E-state index contributed by atoms with van der Waals surface area (Å²) >= 11 is 8.09. The molecule has 21 heavy (non-hydrogen) atoms. The highest BCUT2D eigenvalue weighted by atomic mass is 127. The smallest absolute Gasteiger partial charge is 0.0638 e. The van der Waals surface area contributed by atoms with Crippen LogP contribution in [0, 0.1) is 12.0 Å². The first kappa shape index (κ1) is 16.3. The third kappa shape index (κ3) is 6.04. The number of hydrogen-bond donors (Lipinski definition) is 0. The topological polar surface area (TPSA) is 3.24 Å². The van der Waals surface area contributed by atoms with E-state index in [2.05, 4.69) is 45.3 Å². The maximum atomic E-state index is 5.85. The van der Waals surface area contributed by atoms with E-state index in [4.69, 9.17) is 11.6 Å². The molecule has 0 aliphatic rings. The van der Waals surface area contributed by atoms with Crippen molar-refractivity contribution in [3.8, 4) is 12.0 Å². The van der Waals surface area contributed by atoms with Gasteiger partial charge in [0, 0.05) is 41.4 Å². The highest BCUT2D eigenvalue weighted by Crippen LogP contribution is 2.20. The quantitative estimate of drug-likeness (QED) is 0.263. The van der Waals surface area contributed by atoms with Gasteiger partial charge in [-0.1, -0.05) is 60.0 Å². The van der Waals surface area contributed by atoms with Gasteiger partial charge in [-0.25, -0.2) is 0 Å². The highest BCUT2D eigenvalue weighted by molar-refractivity contribution is 14.2. The Hall–Kier alpha value is -1.09. The summed E-state index contributed by atoms with van der Waals surface area (Å²) in [7, 11) is 1.59. The van der Waals surface area contributed by atoms with Crippen molar-refractivity contribution < 1.29 is 0 Å². The van der Waals surface area contributed by atoms with Gasteiger partial charge < -0.3 is 0 Å². The molecular weight excluding hydrogens is 413 g/mol. The molecule has 0 unspecified atom stereocenters. The van der Waals surface area contributed by atoms with Crippen molar-refractivity contribution >= 4 is 48.0 Å². The molecule has 0 atom stereocenters. The van der Waals surface area contributed by atoms with Gasteiger partial charge in [0.25, 0.3) is 0 Å². The summed E-state index contributed by atoms with van der Waals surface area (Å²) in [6.45, 7) is 0.802. The van der Waals surface area contributed by atoms with Gasteiger partial charge in [0.05, 0.1) is 6.54 Å². The molecule has 0 amide bonds. The predicted molar refractivity (Wildman–Crippen MR) is 102 cm³/mol. The lowest BCUT2D eigenvalue weighted by molar-refractivity contribution is 0.657. The van der Waals surface area contributed by atoms with Gasteiger partial charge in [0.1, 0.15) is 0 Å². The van der Waals surface area contributed by atoms with E-state index in [0.717, 1.165) is 17.1 Å². The Morgan fingerprint density at radius 2 is 1.81 bits per heavy atom. The van der Waals surface area contributed by atoms with Gasteiger partial charge in [-0.05, 0) is 35.4 Å². The maximum absolute atomic E-state index is 5.85. The number of hydrogen-bond acceptors (Lipinski definition) is 2. The van der Waals surface area contributed by atoms with E-state index in [0.29, 0.717) is 0 Å². The molecule has 2 aromatic carbocycles. The van der Waals surface area contributed by atoms with Crippen LogP contribution >= 0.6 is 41.9 Å². The number of rotatable bonds is 4. The SMILES string of the molecule is Clc1ccc(/C=C/C#CN(Cc2ccccc2)SI)cc1. The van der Waals surface area contributed by atoms with Crippen molar-refractivity contribution in [2.75, 3.05) is 0 Å². The number of benzene rings is 2. The Morgan fingerprint density at radius 1 is 1.10 bits per heavy atom. The summed E-state index contributed by atoms with van der Waals surface area (Å²) in [5.41, 5.74) is 2.34. The first-order valence-electron chi connectivity index (χ1n) is 6.31. The Labute approximate surface area is 147 Å². The first-order valence-corrected chi connectivity index (χ1v) is 10.0. The van der Waals surface area contributed by atoms with Crippen molar-refractivity contribution in [1.29, 1.82) is 0 Å². The molecule has 0 spiro atoms. The Bertz CT molecular complexity index is 644. The second kappa shape index (κ2) is 9.04. The Morgan fingerprint density at radius 3 is 2.48 bits per heavy atom. The van der Waals surface area contributed by atoms with Crippen LogP contribution < -0.4 is 0 Å². The minimum Gasteiger partial charge on any atom is -0.262 e. The van der Waals surface area contributed by atoms with E-state index in [-0.39, 0.29) is 0 Å². The lowest BCUT2D eigenvalue weighted by atomic mass is 10.2. The zero-order valence-corrected chi connectivity index (χ0v) is 14.9. The van der Waals surface area contributed by atoms with Crippen LogP contribution in [0.3, 0.4) is 0 Å². The zero-order chi connectivity index (χ0) is 14.9. The van der Waals surface area contributed by atoms with E-state index in [1.807, 2.05) is 58.9 Å². The summed E-state index contributed by atoms with van der Waals surface area (Å²) in [6.07, 6.45) is 3.83. The summed E-state index contributed by atoms with van der Waals surface area (Å²) < 4.78 is 2.00. The van der Waals surface area contributed by atoms with E-state index < -0.39 is 0 Å². The zero-order valence-electron chi connectivity index (χ0n) is 11.2. The highest BCUT2D eigenvalue weighted by Gasteiger charge is 1.99. The van der Waals surface area contributed by atoms with Gasteiger partial charge in [-0.3, -0.25) is 4.31 Å². The molecule has 0 fully saturated rings. The molecule has 2 rings (SSSR count). The molecule has 0 radical (unpaired) electrons. The summed E-state index contributed by atoms with van der Waals surface area (Å²) in [5.74, 6) is 3.06. The number of halogens is 2. The number of allylic oxidation sites excluding steroid dienone is 1. The van der Waals surface area contributed by atoms with Crippen LogP contribution in [-0.2, 0) is 6.54 Å². The molecule has 0 saturated heterocycles. The fourth-order valence-corrected chi connectivity index (χ4v) is 2.78. The van der Waals surface area contributed by atoms with E-state index >= 15 is 0 Å². The van der Waals surface area contributed by atoms with Crippen molar-refractivity contribution in [2.24, 2.45) is 0 Å². The van der Waals surface area contributed by atoms with Crippen LogP contribution in [0.4, 0.5) is 0 Å². The van der Waals surface area contributed by atoms with Crippen LogP contribution in [0.15, 0.2) is 60.7 Å². The molecule has 0 heterocycles. The fraction of sp³-hybridized carbons (Fsp3) is 0.0588. The molecule has 4 heteroatoms. The average Bonchev–Trinajstić information content (AvgIpc) is 2.53. The lowest BCUT2D eigenvalue weighted by Gasteiger charge is -2.11. The van der Waals surface area contributed by atoms with E-state index in [1.54, 1.807) is 9.12 Å². The van der Waals surface area contributed by atoms with Crippen LogP contribution in [0.25, 0.3) is 6.08 Å². The van der Waals surface area contributed by atoms with Gasteiger partial charge >= 0.3 is 0 Å². The van der Waals surface area contributed by atoms with E-state index in [9.17, 15) is 0 Å². The van der Waals surface area contributed by atoms with Gasteiger partial charge in [0.2, 0.25) is 0 Å². The monoisotopic (exact) mass is 425 g/mol. The molecule has 0 aliphatic carbocycles. The lowest BCUT2D eigenvalue weighted by Crippen LogP contribution is -2.05. The maximum Gasteiger partial charge on any atom is 0.0638 e. The van der Waals surface area contributed by atoms with Crippen molar-refractivity contribution in [3.05, 3.63) is 76.8 Å². The molecule has 0 aliphatic heterocycles. The van der Waals surface area contributed by atoms with Crippen molar-refractivity contribution in [1.82, 2.24) is 4.31 Å². The minimum absolute atomic E-state index is 0.744. The fourth-order valence-electron chi connectivity index (χ4n) is 1.65. The van der Waals surface area contributed by atoms with Crippen LogP contribution in [0.2, 0.25) is 5.02 Å².